The van der Waals surface area contributed by atoms with Crippen molar-refractivity contribution < 1.29 is 24.2 Å². The minimum atomic E-state index is -1.04. The lowest BCUT2D eigenvalue weighted by molar-refractivity contribution is -0.139. The molecule has 0 atom stereocenters. The first-order chi connectivity index (χ1) is 13.2. The summed E-state index contributed by atoms with van der Waals surface area (Å²) >= 11 is 0. The molecule has 0 bridgehead atoms. The van der Waals surface area contributed by atoms with Gasteiger partial charge in [-0.05, 0) is 41.3 Å². The quantitative estimate of drug-likeness (QED) is 0.828. The first-order valence-electron chi connectivity index (χ1n) is 9.24. The van der Waals surface area contributed by atoms with Crippen molar-refractivity contribution in [3.05, 3.63) is 59.7 Å². The molecule has 3 rings (SSSR count). The molecule has 2 aromatic carbocycles. The summed E-state index contributed by atoms with van der Waals surface area (Å²) in [4.78, 5) is 24.8. The topological polar surface area (TPSA) is 76.1 Å². The van der Waals surface area contributed by atoms with Crippen LogP contribution in [0.15, 0.2) is 48.5 Å². The smallest absolute Gasteiger partial charge is 0.341 e. The van der Waals surface area contributed by atoms with Crippen molar-refractivity contribution >= 4 is 11.9 Å². The van der Waals surface area contributed by atoms with Gasteiger partial charge in [0.25, 0.3) is 5.91 Å². The van der Waals surface area contributed by atoms with Gasteiger partial charge in [-0.15, -0.1) is 0 Å². The van der Waals surface area contributed by atoms with Gasteiger partial charge >= 0.3 is 5.97 Å². The van der Waals surface area contributed by atoms with Crippen LogP contribution in [0.25, 0.3) is 0 Å². The highest BCUT2D eigenvalue weighted by Crippen LogP contribution is 2.32. The number of benzene rings is 2. The van der Waals surface area contributed by atoms with Gasteiger partial charge in [0, 0.05) is 5.56 Å². The predicted octanol–water partition coefficient (Wildman–Crippen LogP) is 3.35. The molecule has 0 unspecified atom stereocenters. The van der Waals surface area contributed by atoms with Crippen LogP contribution in [0.2, 0.25) is 0 Å². The van der Waals surface area contributed by atoms with Crippen molar-refractivity contribution in [2.45, 2.75) is 32.3 Å². The summed E-state index contributed by atoms with van der Waals surface area (Å²) in [7, 11) is 0. The number of para-hydroxylation sites is 1. The van der Waals surface area contributed by atoms with Gasteiger partial charge in [0.15, 0.2) is 6.61 Å². The van der Waals surface area contributed by atoms with Gasteiger partial charge < -0.3 is 19.5 Å². The van der Waals surface area contributed by atoms with Gasteiger partial charge in [0.1, 0.15) is 17.6 Å². The summed E-state index contributed by atoms with van der Waals surface area (Å²) in [5.74, 6) is 0.170. The fourth-order valence-electron chi connectivity index (χ4n) is 3.07. The highest BCUT2D eigenvalue weighted by molar-refractivity contribution is 5.95. The Labute approximate surface area is 164 Å². The highest BCUT2D eigenvalue weighted by atomic mass is 16.5. The molecule has 0 aromatic heterocycles. The Morgan fingerprint density at radius 3 is 2.32 bits per heavy atom. The molecule has 1 heterocycles. The average molecular weight is 383 g/mol. The van der Waals surface area contributed by atoms with Gasteiger partial charge in [-0.3, -0.25) is 4.79 Å². The molecule has 1 aliphatic heterocycles. The Balaban J connectivity index is 1.55. The van der Waals surface area contributed by atoms with Crippen molar-refractivity contribution in [1.29, 1.82) is 0 Å². The van der Waals surface area contributed by atoms with Crippen LogP contribution in [0.4, 0.5) is 0 Å². The third kappa shape index (κ3) is 4.63. The maximum absolute atomic E-state index is 12.6. The van der Waals surface area contributed by atoms with E-state index in [4.69, 9.17) is 14.6 Å². The third-order valence-electron chi connectivity index (χ3n) is 4.59. The van der Waals surface area contributed by atoms with E-state index in [0.717, 1.165) is 11.3 Å². The zero-order valence-corrected chi connectivity index (χ0v) is 16.3. The minimum Gasteiger partial charge on any atom is -0.486 e. The van der Waals surface area contributed by atoms with Gasteiger partial charge in [0.2, 0.25) is 0 Å². The molecule has 1 aliphatic rings. The van der Waals surface area contributed by atoms with Crippen molar-refractivity contribution in [2.75, 3.05) is 19.7 Å². The Hall–Kier alpha value is -3.02. The molecule has 1 fully saturated rings. The lowest BCUT2D eigenvalue weighted by Crippen LogP contribution is -2.56. The van der Waals surface area contributed by atoms with Crippen LogP contribution < -0.4 is 9.47 Å². The summed E-state index contributed by atoms with van der Waals surface area (Å²) < 4.78 is 11.2. The fourth-order valence-corrected chi connectivity index (χ4v) is 3.07. The predicted molar refractivity (Wildman–Crippen MR) is 105 cm³/mol. The van der Waals surface area contributed by atoms with Crippen LogP contribution in [-0.4, -0.2) is 47.7 Å². The monoisotopic (exact) mass is 383 g/mol. The van der Waals surface area contributed by atoms with E-state index >= 15 is 0 Å². The second kappa shape index (κ2) is 7.92. The number of nitrogens with zero attached hydrogens (tertiary/aromatic N) is 1. The Kier molecular flexibility index (Phi) is 5.58. The van der Waals surface area contributed by atoms with Gasteiger partial charge in [0.05, 0.1) is 13.1 Å². The first kappa shape index (κ1) is 19.7. The zero-order chi connectivity index (χ0) is 20.3. The summed E-state index contributed by atoms with van der Waals surface area (Å²) in [5, 5.41) is 8.62. The summed E-state index contributed by atoms with van der Waals surface area (Å²) in [6.45, 7) is 7.11. The molecular weight excluding hydrogens is 358 g/mol. The largest absolute Gasteiger partial charge is 0.486 e. The van der Waals surface area contributed by atoms with E-state index in [0.29, 0.717) is 24.4 Å². The Bertz CT molecular complexity index is 848. The molecule has 148 valence electrons. The number of likely N-dealkylation sites (tertiary alicyclic amines) is 1. The molecule has 2 aromatic rings. The fraction of sp³-hybridized carbons (Fsp3) is 0.364. The van der Waals surface area contributed by atoms with Crippen LogP contribution in [0, 0.1) is 0 Å². The van der Waals surface area contributed by atoms with Crippen molar-refractivity contribution in [1.82, 2.24) is 4.90 Å². The van der Waals surface area contributed by atoms with Gasteiger partial charge in [-0.1, -0.05) is 39.0 Å². The number of carboxylic acids is 1. The third-order valence-corrected chi connectivity index (χ3v) is 4.59. The summed E-state index contributed by atoms with van der Waals surface area (Å²) in [6, 6.07) is 14.5. The molecular formula is C22H25NO5. The molecule has 0 saturated carbocycles. The molecule has 0 aliphatic carbocycles. The van der Waals surface area contributed by atoms with Crippen molar-refractivity contribution in [3.8, 4) is 11.5 Å². The highest BCUT2D eigenvalue weighted by Gasteiger charge is 2.33. The van der Waals surface area contributed by atoms with E-state index in [9.17, 15) is 9.59 Å². The molecule has 6 nitrogen and oxygen atoms in total. The number of hydrogen-bond acceptors (Lipinski definition) is 4. The number of carboxylic acid groups (broad SMARTS) is 1. The molecule has 0 spiro atoms. The number of aliphatic carboxylic acids is 1. The number of rotatable bonds is 6. The lowest BCUT2D eigenvalue weighted by Gasteiger charge is -2.39. The molecule has 0 radical (unpaired) electrons. The summed E-state index contributed by atoms with van der Waals surface area (Å²) in [6.07, 6.45) is -0.0226. The number of hydrogen-bond donors (Lipinski definition) is 1. The summed E-state index contributed by atoms with van der Waals surface area (Å²) in [5.41, 5.74) is 1.67. The Morgan fingerprint density at radius 2 is 1.71 bits per heavy atom. The molecule has 1 amide bonds. The maximum Gasteiger partial charge on any atom is 0.341 e. The number of carbonyl (C=O) groups excluding carboxylic acids is 1. The first-order valence-corrected chi connectivity index (χ1v) is 9.24. The number of carbonyl (C=O) groups is 2. The van der Waals surface area contributed by atoms with Crippen LogP contribution in [0.1, 0.15) is 36.7 Å². The molecule has 1 saturated heterocycles. The average Bonchev–Trinajstić information content (AvgIpc) is 2.62. The van der Waals surface area contributed by atoms with Crippen molar-refractivity contribution in [3.63, 3.8) is 0 Å². The van der Waals surface area contributed by atoms with E-state index in [1.165, 1.54) is 0 Å². The van der Waals surface area contributed by atoms with Gasteiger partial charge in [-0.25, -0.2) is 4.79 Å². The molecule has 28 heavy (non-hydrogen) atoms. The Morgan fingerprint density at radius 1 is 1.07 bits per heavy atom. The standard InChI is InChI=1S/C22H25NO5/c1-22(2,3)18-6-4-5-7-19(18)28-17-12-23(13-17)21(26)15-8-10-16(11-9-15)27-14-20(24)25/h4-11,17H,12-14H2,1-3H3,(H,24,25). The van der Waals surface area contributed by atoms with Crippen molar-refractivity contribution in [2.24, 2.45) is 0 Å². The SMILES string of the molecule is CC(C)(C)c1ccccc1OC1CN(C(=O)c2ccc(OCC(=O)O)cc2)C1. The molecule has 6 heteroatoms. The second-order valence-electron chi connectivity index (χ2n) is 7.90. The zero-order valence-electron chi connectivity index (χ0n) is 16.3. The van der Waals surface area contributed by atoms with E-state index in [2.05, 4.69) is 26.8 Å². The maximum atomic E-state index is 12.6. The van der Waals surface area contributed by atoms with Crippen LogP contribution >= 0.6 is 0 Å². The van der Waals surface area contributed by atoms with E-state index in [-0.39, 0.29) is 17.4 Å². The van der Waals surface area contributed by atoms with E-state index in [1.54, 1.807) is 29.2 Å². The van der Waals surface area contributed by atoms with Gasteiger partial charge in [-0.2, -0.15) is 0 Å². The van der Waals surface area contributed by atoms with Crippen LogP contribution in [-0.2, 0) is 10.2 Å². The van der Waals surface area contributed by atoms with E-state index < -0.39 is 12.6 Å². The second-order valence-corrected chi connectivity index (χ2v) is 7.90. The lowest BCUT2D eigenvalue weighted by atomic mass is 9.86. The van der Waals surface area contributed by atoms with Crippen LogP contribution in [0.3, 0.4) is 0 Å². The normalized spacial score (nSPS) is 14.3. The van der Waals surface area contributed by atoms with E-state index in [1.807, 2.05) is 18.2 Å². The molecule has 1 N–H and O–H groups in total. The number of amides is 1. The minimum absolute atomic E-state index is 0.0136. The number of ether oxygens (including phenoxy) is 2. The van der Waals surface area contributed by atoms with Crippen LogP contribution in [0.5, 0.6) is 11.5 Å².